The molecule has 176 valence electrons. The Bertz CT molecular complexity index is 1180. The molecule has 2 atom stereocenters. The molecule has 0 aromatic heterocycles. The van der Waals surface area contributed by atoms with Gasteiger partial charge in [-0.25, -0.2) is 18.4 Å². The van der Waals surface area contributed by atoms with Crippen molar-refractivity contribution in [3.05, 3.63) is 94.6 Å². The lowest BCUT2D eigenvalue weighted by Crippen LogP contribution is -2.36. The molecule has 7 nitrogen and oxygen atoms in total. The molecule has 0 spiro atoms. The van der Waals surface area contributed by atoms with Crippen LogP contribution in [0.15, 0.2) is 60.7 Å². The van der Waals surface area contributed by atoms with E-state index in [1.807, 2.05) is 48.5 Å². The number of amides is 1. The van der Waals surface area contributed by atoms with Gasteiger partial charge in [0.15, 0.2) is 0 Å². The van der Waals surface area contributed by atoms with Crippen LogP contribution < -0.4 is 5.32 Å². The van der Waals surface area contributed by atoms with Gasteiger partial charge in [-0.15, -0.1) is 0 Å². The fraction of sp³-hybridized carbons (Fsp3) is 0.200. The Morgan fingerprint density at radius 3 is 2.00 bits per heavy atom. The molecule has 3 aromatic carbocycles. The molecule has 0 radical (unpaired) electrons. The smallest absolute Gasteiger partial charge is 0.407 e. The minimum Gasteiger partial charge on any atom is -0.478 e. The number of aliphatic hydroxyl groups excluding tert-OH is 2. The molecule has 0 aliphatic heterocycles. The number of alkyl carbamates (subject to hydrolysis) is 1. The van der Waals surface area contributed by atoms with Gasteiger partial charge in [-0.1, -0.05) is 48.5 Å². The number of carbonyl (C=O) groups is 2. The van der Waals surface area contributed by atoms with Crippen molar-refractivity contribution < 1.29 is 38.4 Å². The van der Waals surface area contributed by atoms with Gasteiger partial charge < -0.3 is 25.4 Å². The zero-order valence-corrected chi connectivity index (χ0v) is 17.7. The molecule has 0 heterocycles. The summed E-state index contributed by atoms with van der Waals surface area (Å²) < 4.78 is 33.6. The van der Waals surface area contributed by atoms with Gasteiger partial charge in [0.05, 0.1) is 11.1 Å². The molecule has 3 aromatic rings. The first-order valence-corrected chi connectivity index (χ1v) is 10.4. The Kier molecular flexibility index (Phi) is 6.58. The summed E-state index contributed by atoms with van der Waals surface area (Å²) in [7, 11) is 0. The average Bonchev–Trinajstić information content (AvgIpc) is 3.14. The van der Waals surface area contributed by atoms with E-state index in [0.29, 0.717) is 12.1 Å². The van der Waals surface area contributed by atoms with Crippen LogP contribution in [0.3, 0.4) is 0 Å². The molecule has 1 aliphatic carbocycles. The van der Waals surface area contributed by atoms with Crippen molar-refractivity contribution in [2.45, 2.75) is 18.1 Å². The van der Waals surface area contributed by atoms with E-state index in [-0.39, 0.29) is 12.5 Å². The highest BCUT2D eigenvalue weighted by Gasteiger charge is 2.30. The molecule has 0 fully saturated rings. The predicted molar refractivity (Wildman–Crippen MR) is 117 cm³/mol. The quantitative estimate of drug-likeness (QED) is 0.420. The lowest BCUT2D eigenvalue weighted by atomic mass is 9.98. The topological polar surface area (TPSA) is 116 Å². The number of aliphatic hydroxyl groups is 2. The van der Waals surface area contributed by atoms with Gasteiger partial charge in [-0.05, 0) is 34.4 Å². The summed E-state index contributed by atoms with van der Waals surface area (Å²) >= 11 is 0. The largest absolute Gasteiger partial charge is 0.478 e. The third kappa shape index (κ3) is 4.48. The SMILES string of the molecule is O=C(NCC(O)C(O)c1c(F)cc(C(=O)O)cc1F)OCC1c2ccccc2-c2ccccc21. The van der Waals surface area contributed by atoms with Crippen LogP contribution in [0, 0.1) is 11.6 Å². The molecule has 0 saturated carbocycles. The summed E-state index contributed by atoms with van der Waals surface area (Å²) in [5, 5.41) is 31.4. The Morgan fingerprint density at radius 2 is 1.47 bits per heavy atom. The molecule has 9 heteroatoms. The molecule has 2 unspecified atom stereocenters. The molecule has 1 amide bonds. The van der Waals surface area contributed by atoms with Crippen LogP contribution in [-0.2, 0) is 4.74 Å². The number of nitrogens with one attached hydrogen (secondary N) is 1. The summed E-state index contributed by atoms with van der Waals surface area (Å²) in [5.74, 6) is -4.38. The van der Waals surface area contributed by atoms with Crippen LogP contribution in [0.2, 0.25) is 0 Å². The second kappa shape index (κ2) is 9.58. The number of fused-ring (bicyclic) bond motifs is 3. The van der Waals surface area contributed by atoms with Crippen LogP contribution >= 0.6 is 0 Å². The van der Waals surface area contributed by atoms with Gasteiger partial charge in [-0.3, -0.25) is 0 Å². The van der Waals surface area contributed by atoms with Crippen LogP contribution in [-0.4, -0.2) is 46.6 Å². The minimum atomic E-state index is -2.04. The second-order valence-corrected chi connectivity index (χ2v) is 7.88. The zero-order chi connectivity index (χ0) is 24.4. The second-order valence-electron chi connectivity index (χ2n) is 7.88. The van der Waals surface area contributed by atoms with E-state index in [1.165, 1.54) is 0 Å². The summed E-state index contributed by atoms with van der Waals surface area (Å²) in [6.07, 6.45) is -4.70. The number of carboxylic acids is 1. The van der Waals surface area contributed by atoms with Crippen LogP contribution in [0.25, 0.3) is 11.1 Å². The molecule has 34 heavy (non-hydrogen) atoms. The normalized spacial score (nSPS) is 14.1. The fourth-order valence-corrected chi connectivity index (χ4v) is 4.13. The van der Waals surface area contributed by atoms with Gasteiger partial charge in [0.2, 0.25) is 0 Å². The summed E-state index contributed by atoms with van der Waals surface area (Å²) in [5.41, 5.74) is 2.61. The number of aromatic carboxylic acids is 1. The Morgan fingerprint density at radius 1 is 0.941 bits per heavy atom. The van der Waals surface area contributed by atoms with Gasteiger partial charge >= 0.3 is 12.1 Å². The number of carboxylic acid groups (broad SMARTS) is 1. The first kappa shape index (κ1) is 23.3. The molecular formula is C25H21F2NO6. The maximum Gasteiger partial charge on any atom is 0.407 e. The van der Waals surface area contributed by atoms with Crippen molar-refractivity contribution in [1.82, 2.24) is 5.32 Å². The van der Waals surface area contributed by atoms with Crippen LogP contribution in [0.4, 0.5) is 13.6 Å². The number of carbonyl (C=O) groups excluding carboxylic acids is 1. The number of hydrogen-bond acceptors (Lipinski definition) is 5. The molecular weight excluding hydrogens is 448 g/mol. The number of rotatable bonds is 7. The summed E-state index contributed by atoms with van der Waals surface area (Å²) in [4.78, 5) is 23.1. The Balaban J connectivity index is 1.36. The molecule has 1 aliphatic rings. The minimum absolute atomic E-state index is 0.0262. The predicted octanol–water partition coefficient (Wildman–Crippen LogP) is 3.60. The maximum atomic E-state index is 14.1. The number of benzene rings is 3. The molecule has 4 N–H and O–H groups in total. The molecule has 0 bridgehead atoms. The van der Waals surface area contributed by atoms with Crippen molar-refractivity contribution in [3.8, 4) is 11.1 Å². The maximum absolute atomic E-state index is 14.1. The van der Waals surface area contributed by atoms with Gasteiger partial charge in [0.1, 0.15) is 30.4 Å². The molecule has 4 rings (SSSR count). The first-order chi connectivity index (χ1) is 16.3. The van der Waals surface area contributed by atoms with Crippen molar-refractivity contribution in [1.29, 1.82) is 0 Å². The van der Waals surface area contributed by atoms with Crippen molar-refractivity contribution in [3.63, 3.8) is 0 Å². The van der Waals surface area contributed by atoms with Crippen molar-refractivity contribution in [2.24, 2.45) is 0 Å². The number of halogens is 2. The van der Waals surface area contributed by atoms with Gasteiger partial charge in [0, 0.05) is 12.5 Å². The third-order valence-corrected chi connectivity index (χ3v) is 5.79. The van der Waals surface area contributed by atoms with E-state index in [4.69, 9.17) is 9.84 Å². The fourth-order valence-electron chi connectivity index (χ4n) is 4.13. The van der Waals surface area contributed by atoms with E-state index < -0.39 is 53.6 Å². The molecule has 0 saturated heterocycles. The monoisotopic (exact) mass is 469 g/mol. The van der Waals surface area contributed by atoms with Crippen molar-refractivity contribution in [2.75, 3.05) is 13.2 Å². The number of hydrogen-bond donors (Lipinski definition) is 4. The van der Waals surface area contributed by atoms with Gasteiger partial charge in [-0.2, -0.15) is 0 Å². The summed E-state index contributed by atoms with van der Waals surface area (Å²) in [6, 6.07) is 16.6. The highest BCUT2D eigenvalue weighted by atomic mass is 19.1. The first-order valence-electron chi connectivity index (χ1n) is 10.4. The third-order valence-electron chi connectivity index (χ3n) is 5.79. The van der Waals surface area contributed by atoms with Gasteiger partial charge in [0.25, 0.3) is 0 Å². The standard InChI is InChI=1S/C25H21F2NO6/c26-19-9-13(24(31)32)10-20(27)22(19)23(30)21(29)11-28-25(33)34-12-18-16-7-3-1-5-14(16)15-6-2-4-8-17(15)18/h1-10,18,21,23,29-30H,11-12H2,(H,28,33)(H,31,32). The zero-order valence-electron chi connectivity index (χ0n) is 17.7. The van der Waals surface area contributed by atoms with Crippen molar-refractivity contribution >= 4 is 12.1 Å². The number of ether oxygens (including phenoxy) is 1. The van der Waals surface area contributed by atoms with E-state index in [1.54, 1.807) is 0 Å². The van der Waals surface area contributed by atoms with E-state index in [0.717, 1.165) is 22.3 Å². The highest BCUT2D eigenvalue weighted by molar-refractivity contribution is 5.87. The van der Waals surface area contributed by atoms with E-state index in [2.05, 4.69) is 5.32 Å². The average molecular weight is 469 g/mol. The lowest BCUT2D eigenvalue weighted by molar-refractivity contribution is 0.0143. The Labute approximate surface area is 193 Å². The Hall–Kier alpha value is -3.82. The van der Waals surface area contributed by atoms with Crippen LogP contribution in [0.5, 0.6) is 0 Å². The lowest BCUT2D eigenvalue weighted by Gasteiger charge is -2.20. The van der Waals surface area contributed by atoms with Crippen LogP contribution in [0.1, 0.15) is 39.1 Å². The van der Waals surface area contributed by atoms with E-state index >= 15 is 0 Å². The highest BCUT2D eigenvalue weighted by Crippen LogP contribution is 2.44. The van der Waals surface area contributed by atoms with E-state index in [9.17, 15) is 28.6 Å². The summed E-state index contributed by atoms with van der Waals surface area (Å²) in [6.45, 7) is -0.532.